The number of hydrogen-bond donors (Lipinski definition) is 1. The van der Waals surface area contributed by atoms with Gasteiger partial charge in [-0.15, -0.1) is 0 Å². The molecule has 2 atom stereocenters. The summed E-state index contributed by atoms with van der Waals surface area (Å²) in [5, 5.41) is 8.81. The van der Waals surface area contributed by atoms with E-state index in [2.05, 4.69) is 0 Å². The number of aliphatic carboxylic acids is 1. The van der Waals surface area contributed by atoms with Gasteiger partial charge in [-0.1, -0.05) is 19.1 Å². The number of carbonyl (C=O) groups is 2. The number of carboxylic acid groups (broad SMARTS) is 1. The summed E-state index contributed by atoms with van der Waals surface area (Å²) in [7, 11) is -1.17. The van der Waals surface area contributed by atoms with Gasteiger partial charge in [0, 0.05) is 25.3 Å². The highest BCUT2D eigenvalue weighted by molar-refractivity contribution is 7.85. The Morgan fingerprint density at radius 1 is 1.35 bits per heavy atom. The molecular formula is C17H23NO4S. The van der Waals surface area contributed by atoms with Crippen LogP contribution in [-0.2, 0) is 15.6 Å². The Morgan fingerprint density at radius 2 is 2.09 bits per heavy atom. The molecule has 0 spiro atoms. The predicted octanol–water partition coefficient (Wildman–Crippen LogP) is 2.53. The lowest BCUT2D eigenvalue weighted by Crippen LogP contribution is -2.40. The molecule has 6 heteroatoms. The van der Waals surface area contributed by atoms with E-state index in [0.29, 0.717) is 35.7 Å². The molecule has 1 heterocycles. The molecule has 1 aromatic rings. The van der Waals surface area contributed by atoms with E-state index >= 15 is 0 Å². The number of likely N-dealkylation sites (tertiary alicyclic amines) is 1. The van der Waals surface area contributed by atoms with Crippen molar-refractivity contribution in [1.29, 1.82) is 0 Å². The minimum atomic E-state index is -1.17. The van der Waals surface area contributed by atoms with Crippen LogP contribution >= 0.6 is 0 Å². The minimum absolute atomic E-state index is 0.0950. The molecule has 0 aliphatic carbocycles. The fourth-order valence-electron chi connectivity index (χ4n) is 2.98. The molecular weight excluding hydrogens is 314 g/mol. The largest absolute Gasteiger partial charge is 0.481 e. The maximum Gasteiger partial charge on any atom is 0.303 e. The van der Waals surface area contributed by atoms with E-state index in [4.69, 9.17) is 5.11 Å². The first kappa shape index (κ1) is 17.7. The molecule has 1 N–H and O–H groups in total. The zero-order chi connectivity index (χ0) is 16.8. The maximum absolute atomic E-state index is 12.8. The van der Waals surface area contributed by atoms with Crippen molar-refractivity contribution < 1.29 is 18.9 Å². The van der Waals surface area contributed by atoms with Crippen LogP contribution in [0.15, 0.2) is 29.2 Å². The fourth-order valence-corrected chi connectivity index (χ4v) is 3.92. The zero-order valence-corrected chi connectivity index (χ0v) is 14.2. The van der Waals surface area contributed by atoms with Gasteiger partial charge in [0.1, 0.15) is 0 Å². The number of piperidine rings is 1. The Bertz CT molecular complexity index is 602. The molecule has 1 aromatic carbocycles. The second kappa shape index (κ2) is 8.24. The number of carbonyl (C=O) groups excluding carboxylic acids is 1. The van der Waals surface area contributed by atoms with Gasteiger partial charge in [0.05, 0.1) is 21.3 Å². The quantitative estimate of drug-likeness (QED) is 0.865. The van der Waals surface area contributed by atoms with Gasteiger partial charge in [-0.25, -0.2) is 0 Å². The van der Waals surface area contributed by atoms with Crippen molar-refractivity contribution in [3.8, 4) is 0 Å². The van der Waals surface area contributed by atoms with E-state index in [1.54, 1.807) is 29.2 Å². The van der Waals surface area contributed by atoms with E-state index in [9.17, 15) is 13.8 Å². The molecule has 1 saturated heterocycles. The van der Waals surface area contributed by atoms with E-state index < -0.39 is 16.8 Å². The van der Waals surface area contributed by atoms with Crippen LogP contribution in [0.5, 0.6) is 0 Å². The lowest BCUT2D eigenvalue weighted by molar-refractivity contribution is -0.137. The summed E-state index contributed by atoms with van der Waals surface area (Å²) in [6, 6.07) is 7.06. The van der Waals surface area contributed by atoms with Gasteiger partial charge in [0.15, 0.2) is 0 Å². The lowest BCUT2D eigenvalue weighted by Gasteiger charge is -2.33. The standard InChI is InChI=1S/C17H23NO4S/c1-2-23(22)15-8-4-3-7-14(15)17(21)18-11-5-6-13(12-18)9-10-16(19)20/h3-4,7-8,13H,2,5-6,9-12H2,1H3,(H,19,20). The molecule has 1 fully saturated rings. The van der Waals surface area contributed by atoms with Gasteiger partial charge in [-0.2, -0.15) is 0 Å². The SMILES string of the molecule is CCS(=O)c1ccccc1C(=O)N1CCCC(CCC(=O)O)C1. The second-order valence-corrected chi connectivity index (χ2v) is 7.53. The highest BCUT2D eigenvalue weighted by Crippen LogP contribution is 2.24. The molecule has 0 aromatic heterocycles. The summed E-state index contributed by atoms with van der Waals surface area (Å²) < 4.78 is 12.1. The number of nitrogens with zero attached hydrogens (tertiary/aromatic N) is 1. The first-order valence-corrected chi connectivity index (χ1v) is 9.33. The molecule has 23 heavy (non-hydrogen) atoms. The van der Waals surface area contributed by atoms with Crippen molar-refractivity contribution in [1.82, 2.24) is 4.90 Å². The van der Waals surface area contributed by atoms with Crippen molar-refractivity contribution in [2.45, 2.75) is 37.5 Å². The van der Waals surface area contributed by atoms with E-state index in [-0.39, 0.29) is 18.2 Å². The molecule has 5 nitrogen and oxygen atoms in total. The van der Waals surface area contributed by atoms with Gasteiger partial charge in [-0.05, 0) is 37.3 Å². The van der Waals surface area contributed by atoms with Crippen molar-refractivity contribution in [3.63, 3.8) is 0 Å². The van der Waals surface area contributed by atoms with E-state index in [0.717, 1.165) is 12.8 Å². The lowest BCUT2D eigenvalue weighted by atomic mass is 9.93. The number of carboxylic acids is 1. The number of benzene rings is 1. The minimum Gasteiger partial charge on any atom is -0.481 e. The summed E-state index contributed by atoms with van der Waals surface area (Å²) in [6.07, 6.45) is 2.58. The topological polar surface area (TPSA) is 74.7 Å². The van der Waals surface area contributed by atoms with Crippen molar-refractivity contribution >= 4 is 22.7 Å². The summed E-state index contributed by atoms with van der Waals surface area (Å²) in [6.45, 7) is 3.09. The van der Waals surface area contributed by atoms with Crippen LogP contribution < -0.4 is 0 Å². The van der Waals surface area contributed by atoms with Crippen molar-refractivity contribution in [3.05, 3.63) is 29.8 Å². The van der Waals surface area contributed by atoms with Crippen LogP contribution in [-0.4, -0.2) is 44.9 Å². The molecule has 1 amide bonds. The molecule has 0 radical (unpaired) electrons. The first-order valence-electron chi connectivity index (χ1n) is 8.01. The Hall–Kier alpha value is -1.69. The highest BCUT2D eigenvalue weighted by atomic mass is 32.2. The Morgan fingerprint density at radius 3 is 2.78 bits per heavy atom. The molecule has 1 aliphatic rings. The van der Waals surface area contributed by atoms with Crippen LogP contribution in [0, 0.1) is 5.92 Å². The number of amides is 1. The predicted molar refractivity (Wildman–Crippen MR) is 88.9 cm³/mol. The third kappa shape index (κ3) is 4.64. The van der Waals surface area contributed by atoms with Crippen molar-refractivity contribution in [2.24, 2.45) is 5.92 Å². The molecule has 2 unspecified atom stereocenters. The smallest absolute Gasteiger partial charge is 0.303 e. The van der Waals surface area contributed by atoms with Gasteiger partial charge in [0.2, 0.25) is 0 Å². The normalized spacial score (nSPS) is 19.3. The Labute approximate surface area is 139 Å². The first-order chi connectivity index (χ1) is 11.0. The van der Waals surface area contributed by atoms with Gasteiger partial charge in [0.25, 0.3) is 5.91 Å². The summed E-state index contributed by atoms with van der Waals surface area (Å²) in [4.78, 5) is 25.9. The average Bonchev–Trinajstić information content (AvgIpc) is 2.59. The van der Waals surface area contributed by atoms with Crippen LogP contribution in [0.1, 0.15) is 43.0 Å². The van der Waals surface area contributed by atoms with Gasteiger partial charge in [-0.3, -0.25) is 13.8 Å². The molecule has 126 valence electrons. The fraction of sp³-hybridized carbons (Fsp3) is 0.529. The van der Waals surface area contributed by atoms with Crippen molar-refractivity contribution in [2.75, 3.05) is 18.8 Å². The number of rotatable bonds is 6. The highest BCUT2D eigenvalue weighted by Gasteiger charge is 2.26. The molecule has 0 bridgehead atoms. The van der Waals surface area contributed by atoms with E-state index in [1.165, 1.54) is 0 Å². The Kier molecular flexibility index (Phi) is 6.33. The Balaban J connectivity index is 2.11. The molecule has 1 aliphatic heterocycles. The summed E-state index contributed by atoms with van der Waals surface area (Å²) >= 11 is 0. The van der Waals surface area contributed by atoms with Gasteiger partial charge >= 0.3 is 5.97 Å². The monoisotopic (exact) mass is 337 g/mol. The van der Waals surface area contributed by atoms with Crippen LogP contribution in [0.4, 0.5) is 0 Å². The third-order valence-electron chi connectivity index (χ3n) is 4.20. The van der Waals surface area contributed by atoms with Gasteiger partial charge < -0.3 is 10.0 Å². The number of hydrogen-bond acceptors (Lipinski definition) is 3. The summed E-state index contributed by atoms with van der Waals surface area (Å²) in [5.41, 5.74) is 0.506. The zero-order valence-electron chi connectivity index (χ0n) is 13.4. The maximum atomic E-state index is 12.8. The van der Waals surface area contributed by atoms with Crippen LogP contribution in [0.25, 0.3) is 0 Å². The summed E-state index contributed by atoms with van der Waals surface area (Å²) in [5.74, 6) is -0.182. The second-order valence-electron chi connectivity index (χ2n) is 5.82. The molecule has 0 saturated carbocycles. The van der Waals surface area contributed by atoms with E-state index in [1.807, 2.05) is 6.92 Å². The van der Waals surface area contributed by atoms with Crippen LogP contribution in [0.3, 0.4) is 0 Å². The average molecular weight is 337 g/mol. The van der Waals surface area contributed by atoms with Crippen LogP contribution in [0.2, 0.25) is 0 Å². The third-order valence-corrected chi connectivity index (χ3v) is 5.57. The molecule has 2 rings (SSSR count).